The third-order valence-electron chi connectivity index (χ3n) is 3.13. The molecule has 1 amide bonds. The van der Waals surface area contributed by atoms with Gasteiger partial charge in [0.25, 0.3) is 5.91 Å². The van der Waals surface area contributed by atoms with Crippen LogP contribution in [0.25, 0.3) is 11.5 Å². The molecule has 0 spiro atoms. The van der Waals surface area contributed by atoms with Crippen molar-refractivity contribution in [2.24, 2.45) is 0 Å². The summed E-state index contributed by atoms with van der Waals surface area (Å²) >= 11 is 0. The quantitative estimate of drug-likeness (QED) is 0.904. The van der Waals surface area contributed by atoms with Gasteiger partial charge in [-0.05, 0) is 38.2 Å². The molecule has 0 bridgehead atoms. The fourth-order valence-electron chi connectivity index (χ4n) is 1.94. The summed E-state index contributed by atoms with van der Waals surface area (Å²) in [6.45, 7) is 3.26. The second-order valence-corrected chi connectivity index (χ2v) is 4.64. The number of rotatable bonds is 5. The molecule has 0 atom stereocenters. The topological polar surface area (TPSA) is 58.4 Å². The lowest BCUT2D eigenvalue weighted by molar-refractivity contribution is 0.0795. The highest BCUT2D eigenvalue weighted by atomic mass is 16.3. The Labute approximate surface area is 118 Å². The molecule has 0 aromatic carbocycles. The van der Waals surface area contributed by atoms with E-state index in [1.54, 1.807) is 24.3 Å². The second-order valence-electron chi connectivity index (χ2n) is 4.64. The van der Waals surface area contributed by atoms with Gasteiger partial charge in [-0.1, -0.05) is 0 Å². The molecule has 5 heteroatoms. The van der Waals surface area contributed by atoms with E-state index in [1.165, 1.54) is 0 Å². The zero-order chi connectivity index (χ0) is 14.5. The summed E-state index contributed by atoms with van der Waals surface area (Å²) < 4.78 is 5.31. The molecule has 0 aliphatic carbocycles. The Hall–Kier alpha value is -2.14. The molecule has 0 radical (unpaired) electrons. The van der Waals surface area contributed by atoms with Crippen LogP contribution in [-0.2, 0) is 0 Å². The van der Waals surface area contributed by atoms with E-state index >= 15 is 0 Å². The van der Waals surface area contributed by atoms with Gasteiger partial charge in [-0.15, -0.1) is 0 Å². The third kappa shape index (κ3) is 3.05. The number of nitrogens with one attached hydrogen (secondary N) is 1. The van der Waals surface area contributed by atoms with Crippen molar-refractivity contribution in [2.75, 3.05) is 27.2 Å². The lowest BCUT2D eigenvalue weighted by Crippen LogP contribution is -2.33. The van der Waals surface area contributed by atoms with Crippen LogP contribution < -0.4 is 5.32 Å². The molecule has 2 aromatic heterocycles. The van der Waals surface area contributed by atoms with Gasteiger partial charge in [0.1, 0.15) is 5.69 Å². The Morgan fingerprint density at radius 1 is 1.40 bits per heavy atom. The monoisotopic (exact) mass is 273 g/mol. The van der Waals surface area contributed by atoms with Crippen molar-refractivity contribution < 1.29 is 9.21 Å². The van der Waals surface area contributed by atoms with Crippen molar-refractivity contribution >= 4 is 5.91 Å². The van der Waals surface area contributed by atoms with Gasteiger partial charge < -0.3 is 14.6 Å². The summed E-state index contributed by atoms with van der Waals surface area (Å²) in [5, 5.41) is 3.03. The fourth-order valence-corrected chi connectivity index (χ4v) is 1.94. The summed E-state index contributed by atoms with van der Waals surface area (Å²) in [4.78, 5) is 18.4. The molecule has 2 rings (SSSR count). The number of carbonyl (C=O) groups excluding carboxylic acids is 1. The van der Waals surface area contributed by atoms with E-state index in [0.29, 0.717) is 23.6 Å². The molecule has 0 aliphatic rings. The highest BCUT2D eigenvalue weighted by Crippen LogP contribution is 2.19. The molecule has 20 heavy (non-hydrogen) atoms. The molecular formula is C15H19N3O2. The maximum Gasteiger partial charge on any atom is 0.255 e. The van der Waals surface area contributed by atoms with Gasteiger partial charge >= 0.3 is 0 Å². The van der Waals surface area contributed by atoms with Gasteiger partial charge in [0, 0.05) is 20.1 Å². The van der Waals surface area contributed by atoms with Gasteiger partial charge in [0.15, 0.2) is 5.76 Å². The molecule has 0 saturated heterocycles. The molecular weight excluding hydrogens is 254 g/mol. The van der Waals surface area contributed by atoms with E-state index in [4.69, 9.17) is 4.42 Å². The van der Waals surface area contributed by atoms with E-state index in [1.807, 2.05) is 32.2 Å². The third-order valence-corrected chi connectivity index (χ3v) is 3.13. The number of furan rings is 1. The Morgan fingerprint density at radius 2 is 2.20 bits per heavy atom. The number of pyridine rings is 1. The van der Waals surface area contributed by atoms with Gasteiger partial charge in [-0.2, -0.15) is 0 Å². The summed E-state index contributed by atoms with van der Waals surface area (Å²) in [5.41, 5.74) is 2.07. The van der Waals surface area contributed by atoms with E-state index in [0.717, 1.165) is 12.2 Å². The number of aryl methyl sites for hydroxylation is 1. The first-order chi connectivity index (χ1) is 9.63. The van der Waals surface area contributed by atoms with Crippen molar-refractivity contribution in [3.8, 4) is 11.5 Å². The molecule has 0 saturated carbocycles. The lowest BCUT2D eigenvalue weighted by Gasteiger charge is -2.18. The van der Waals surface area contributed by atoms with E-state index in [2.05, 4.69) is 10.3 Å². The van der Waals surface area contributed by atoms with Crippen LogP contribution in [0.1, 0.15) is 16.1 Å². The molecule has 0 unspecified atom stereocenters. The van der Waals surface area contributed by atoms with Crippen LogP contribution in [0.3, 0.4) is 0 Å². The first kappa shape index (κ1) is 14.3. The maximum absolute atomic E-state index is 12.3. The minimum absolute atomic E-state index is 0.0174. The summed E-state index contributed by atoms with van der Waals surface area (Å²) in [6.07, 6.45) is 1.61. The number of hydrogen-bond donors (Lipinski definition) is 1. The van der Waals surface area contributed by atoms with Crippen molar-refractivity contribution in [3.63, 3.8) is 0 Å². The highest BCUT2D eigenvalue weighted by molar-refractivity contribution is 5.95. The van der Waals surface area contributed by atoms with Crippen molar-refractivity contribution in [1.82, 2.24) is 15.2 Å². The number of hydrogen-bond acceptors (Lipinski definition) is 4. The van der Waals surface area contributed by atoms with Crippen molar-refractivity contribution in [1.29, 1.82) is 0 Å². The van der Waals surface area contributed by atoms with Crippen LogP contribution in [0.5, 0.6) is 0 Å². The van der Waals surface area contributed by atoms with Crippen molar-refractivity contribution in [2.45, 2.75) is 6.92 Å². The number of amides is 1. The molecule has 1 N–H and O–H groups in total. The van der Waals surface area contributed by atoms with Crippen LogP contribution in [0, 0.1) is 6.92 Å². The average Bonchev–Trinajstić information content (AvgIpc) is 2.98. The Bertz CT molecular complexity index is 579. The number of carbonyl (C=O) groups is 1. The second kappa shape index (κ2) is 6.34. The van der Waals surface area contributed by atoms with Gasteiger partial charge in [-0.25, -0.2) is 4.98 Å². The maximum atomic E-state index is 12.3. The minimum atomic E-state index is -0.0174. The minimum Gasteiger partial charge on any atom is -0.463 e. The molecule has 106 valence electrons. The number of aromatic nitrogens is 1. The van der Waals surface area contributed by atoms with Gasteiger partial charge in [0.05, 0.1) is 17.5 Å². The van der Waals surface area contributed by atoms with Crippen LogP contribution in [0.2, 0.25) is 0 Å². The van der Waals surface area contributed by atoms with Crippen LogP contribution in [0.4, 0.5) is 0 Å². The zero-order valence-corrected chi connectivity index (χ0v) is 12.0. The normalized spacial score (nSPS) is 10.6. The first-order valence-electron chi connectivity index (χ1n) is 6.55. The summed E-state index contributed by atoms with van der Waals surface area (Å²) in [6, 6.07) is 7.28. The molecule has 2 heterocycles. The van der Waals surface area contributed by atoms with Crippen LogP contribution in [-0.4, -0.2) is 43.0 Å². The fraction of sp³-hybridized carbons (Fsp3) is 0.333. The summed E-state index contributed by atoms with van der Waals surface area (Å²) in [7, 11) is 3.66. The average molecular weight is 273 g/mol. The number of likely N-dealkylation sites (N-methyl/N-ethyl adjacent to an activating group) is 2. The molecule has 2 aromatic rings. The smallest absolute Gasteiger partial charge is 0.255 e. The van der Waals surface area contributed by atoms with Crippen LogP contribution >= 0.6 is 0 Å². The summed E-state index contributed by atoms with van der Waals surface area (Å²) in [5.74, 6) is 0.687. The zero-order valence-electron chi connectivity index (χ0n) is 12.0. The Kier molecular flexibility index (Phi) is 4.53. The Morgan fingerprint density at radius 3 is 2.80 bits per heavy atom. The predicted octanol–water partition coefficient (Wildman–Crippen LogP) is 1.94. The predicted molar refractivity (Wildman–Crippen MR) is 77.6 cm³/mol. The van der Waals surface area contributed by atoms with E-state index < -0.39 is 0 Å². The SMILES string of the molecule is CNCCN(C)C(=O)c1ccc(-c2ccco2)nc1C. The molecule has 5 nitrogen and oxygen atoms in total. The first-order valence-corrected chi connectivity index (χ1v) is 6.55. The van der Waals surface area contributed by atoms with Gasteiger partial charge in [-0.3, -0.25) is 4.79 Å². The van der Waals surface area contributed by atoms with Crippen LogP contribution in [0.15, 0.2) is 34.9 Å². The largest absolute Gasteiger partial charge is 0.463 e. The Balaban J connectivity index is 2.19. The van der Waals surface area contributed by atoms with Gasteiger partial charge in [0.2, 0.25) is 0 Å². The lowest BCUT2D eigenvalue weighted by atomic mass is 10.1. The standard InChI is InChI=1S/C15H19N3O2/c1-11-12(15(19)18(3)9-8-16-2)6-7-13(17-11)14-5-4-10-20-14/h4-7,10,16H,8-9H2,1-3H3. The van der Waals surface area contributed by atoms with E-state index in [9.17, 15) is 4.79 Å². The number of nitrogens with zero attached hydrogens (tertiary/aromatic N) is 2. The van der Waals surface area contributed by atoms with E-state index in [-0.39, 0.29) is 5.91 Å². The van der Waals surface area contributed by atoms with Crippen molar-refractivity contribution in [3.05, 3.63) is 41.8 Å². The highest BCUT2D eigenvalue weighted by Gasteiger charge is 2.15. The molecule has 0 fully saturated rings. The molecule has 0 aliphatic heterocycles.